The first-order valence-electron chi connectivity index (χ1n) is 6.45. The number of nitrogens with zero attached hydrogens (tertiary/aromatic N) is 2. The van der Waals surface area contributed by atoms with Crippen molar-refractivity contribution in [3.63, 3.8) is 0 Å². The molecule has 6 nitrogen and oxygen atoms in total. The van der Waals surface area contributed by atoms with Crippen LogP contribution in [0, 0.1) is 19.8 Å². The molecule has 1 saturated carbocycles. The van der Waals surface area contributed by atoms with Crippen molar-refractivity contribution >= 4 is 22.4 Å². The Hall–Kier alpha value is -0.630. The van der Waals surface area contributed by atoms with E-state index in [1.165, 1.54) is 0 Å². The standard InChI is InChI=1S/C12H22N4O2S.ClH/c1-8-11(9(2)16(4)14-8)19(17,18)15-12(3,7-13)10-5-6-10;/h10,15H,5-7,13H2,1-4H3;1H. The van der Waals surface area contributed by atoms with E-state index in [-0.39, 0.29) is 17.3 Å². The molecule has 1 heterocycles. The molecular formula is C12H23ClN4O2S. The molecule has 0 aliphatic heterocycles. The Balaban J connectivity index is 0.00000200. The van der Waals surface area contributed by atoms with Gasteiger partial charge in [0.1, 0.15) is 4.90 Å². The van der Waals surface area contributed by atoms with Crippen LogP contribution in [0.2, 0.25) is 0 Å². The summed E-state index contributed by atoms with van der Waals surface area (Å²) in [4.78, 5) is 0.273. The molecule has 0 radical (unpaired) electrons. The Labute approximate surface area is 126 Å². The Morgan fingerprint density at radius 3 is 2.35 bits per heavy atom. The molecule has 1 unspecified atom stereocenters. The van der Waals surface area contributed by atoms with E-state index in [2.05, 4.69) is 9.82 Å². The third-order valence-electron chi connectivity index (χ3n) is 3.98. The molecule has 0 aromatic carbocycles. The van der Waals surface area contributed by atoms with Crippen LogP contribution in [-0.4, -0.2) is 30.3 Å². The van der Waals surface area contributed by atoms with Crippen molar-refractivity contribution in [1.82, 2.24) is 14.5 Å². The van der Waals surface area contributed by atoms with Gasteiger partial charge in [-0.3, -0.25) is 4.68 Å². The van der Waals surface area contributed by atoms with Gasteiger partial charge in [-0.05, 0) is 39.5 Å². The Morgan fingerprint density at radius 1 is 1.45 bits per heavy atom. The average Bonchev–Trinajstić information content (AvgIpc) is 3.08. The van der Waals surface area contributed by atoms with Crippen LogP contribution in [0.25, 0.3) is 0 Å². The molecule has 20 heavy (non-hydrogen) atoms. The van der Waals surface area contributed by atoms with E-state index in [0.29, 0.717) is 23.9 Å². The van der Waals surface area contributed by atoms with E-state index in [4.69, 9.17) is 5.73 Å². The molecule has 1 aromatic heterocycles. The van der Waals surface area contributed by atoms with Crippen LogP contribution in [-0.2, 0) is 17.1 Å². The van der Waals surface area contributed by atoms with E-state index in [1.807, 2.05) is 6.92 Å². The second-order valence-electron chi connectivity index (χ2n) is 5.62. The van der Waals surface area contributed by atoms with Crippen LogP contribution in [0.3, 0.4) is 0 Å². The Bertz CT molecular complexity index is 595. The molecule has 1 atom stereocenters. The van der Waals surface area contributed by atoms with E-state index >= 15 is 0 Å². The summed E-state index contributed by atoms with van der Waals surface area (Å²) in [6.45, 7) is 5.64. The molecule has 116 valence electrons. The second-order valence-corrected chi connectivity index (χ2v) is 7.24. The summed E-state index contributed by atoms with van der Waals surface area (Å²) in [6, 6.07) is 0. The van der Waals surface area contributed by atoms with Gasteiger partial charge in [-0.2, -0.15) is 5.10 Å². The van der Waals surface area contributed by atoms with Crippen molar-refractivity contribution in [3.8, 4) is 0 Å². The number of nitrogens with two attached hydrogens (primary N) is 1. The highest BCUT2D eigenvalue weighted by Crippen LogP contribution is 2.40. The molecule has 0 saturated heterocycles. The van der Waals surface area contributed by atoms with Gasteiger partial charge >= 0.3 is 0 Å². The lowest BCUT2D eigenvalue weighted by Crippen LogP contribution is -2.53. The summed E-state index contributed by atoms with van der Waals surface area (Å²) in [7, 11) is -1.85. The van der Waals surface area contributed by atoms with Gasteiger partial charge in [-0.25, -0.2) is 13.1 Å². The number of rotatable bonds is 5. The average molecular weight is 323 g/mol. The lowest BCUT2D eigenvalue weighted by molar-refractivity contribution is 0.374. The molecule has 8 heteroatoms. The minimum Gasteiger partial charge on any atom is -0.329 e. The van der Waals surface area contributed by atoms with Crippen molar-refractivity contribution in [1.29, 1.82) is 0 Å². The number of hydrogen-bond acceptors (Lipinski definition) is 4. The largest absolute Gasteiger partial charge is 0.329 e. The summed E-state index contributed by atoms with van der Waals surface area (Å²) >= 11 is 0. The zero-order valence-corrected chi connectivity index (χ0v) is 13.9. The molecular weight excluding hydrogens is 300 g/mol. The lowest BCUT2D eigenvalue weighted by atomic mass is 9.98. The van der Waals surface area contributed by atoms with E-state index < -0.39 is 15.6 Å². The van der Waals surface area contributed by atoms with Crippen LogP contribution in [0.15, 0.2) is 4.90 Å². The van der Waals surface area contributed by atoms with Gasteiger partial charge in [0.25, 0.3) is 0 Å². The van der Waals surface area contributed by atoms with Gasteiger partial charge < -0.3 is 5.73 Å². The van der Waals surface area contributed by atoms with E-state index in [1.54, 1.807) is 25.6 Å². The van der Waals surface area contributed by atoms with Gasteiger partial charge in [0.15, 0.2) is 0 Å². The Kier molecular flexibility index (Phi) is 4.91. The van der Waals surface area contributed by atoms with E-state index in [0.717, 1.165) is 12.8 Å². The zero-order chi connectivity index (χ0) is 14.4. The number of aryl methyl sites for hydroxylation is 2. The molecule has 0 bridgehead atoms. The van der Waals surface area contributed by atoms with Crippen LogP contribution in [0.4, 0.5) is 0 Å². The highest BCUT2D eigenvalue weighted by molar-refractivity contribution is 7.89. The Morgan fingerprint density at radius 2 is 2.00 bits per heavy atom. The summed E-state index contributed by atoms with van der Waals surface area (Å²) in [5, 5.41) is 4.16. The normalized spacial score (nSPS) is 18.4. The van der Waals surface area contributed by atoms with Crippen LogP contribution < -0.4 is 10.5 Å². The lowest BCUT2D eigenvalue weighted by Gasteiger charge is -2.29. The minimum atomic E-state index is -3.59. The van der Waals surface area contributed by atoms with E-state index in [9.17, 15) is 8.42 Å². The fourth-order valence-electron chi connectivity index (χ4n) is 2.51. The van der Waals surface area contributed by atoms with Crippen molar-refractivity contribution in [2.24, 2.45) is 18.7 Å². The summed E-state index contributed by atoms with van der Waals surface area (Å²) in [5.74, 6) is 0.338. The quantitative estimate of drug-likeness (QED) is 0.841. The molecule has 0 spiro atoms. The van der Waals surface area contributed by atoms with Gasteiger partial charge in [0, 0.05) is 19.1 Å². The molecule has 0 amide bonds. The molecule has 1 aliphatic rings. The maximum Gasteiger partial charge on any atom is 0.244 e. The number of halogens is 1. The predicted octanol–water partition coefficient (Wildman–Crippen LogP) is 0.864. The maximum atomic E-state index is 12.6. The number of aromatic nitrogens is 2. The van der Waals surface area contributed by atoms with Crippen LogP contribution in [0.5, 0.6) is 0 Å². The van der Waals surface area contributed by atoms with Crippen molar-refractivity contribution in [3.05, 3.63) is 11.4 Å². The van der Waals surface area contributed by atoms with Crippen molar-refractivity contribution in [2.75, 3.05) is 6.54 Å². The smallest absolute Gasteiger partial charge is 0.244 e. The third kappa shape index (κ3) is 3.00. The first-order valence-corrected chi connectivity index (χ1v) is 7.94. The van der Waals surface area contributed by atoms with Crippen molar-refractivity contribution in [2.45, 2.75) is 44.0 Å². The van der Waals surface area contributed by atoms with Gasteiger partial charge in [-0.15, -0.1) is 12.4 Å². The van der Waals surface area contributed by atoms with Gasteiger partial charge in [-0.1, -0.05) is 0 Å². The molecule has 3 N–H and O–H groups in total. The second kappa shape index (κ2) is 5.63. The summed E-state index contributed by atoms with van der Waals surface area (Å²) in [5.41, 5.74) is 6.36. The van der Waals surface area contributed by atoms with Crippen LogP contribution >= 0.6 is 12.4 Å². The fraction of sp³-hybridized carbons (Fsp3) is 0.750. The number of sulfonamides is 1. The predicted molar refractivity (Wildman–Crippen MR) is 80.4 cm³/mol. The summed E-state index contributed by atoms with van der Waals surface area (Å²) < 4.78 is 29.5. The number of hydrogen-bond donors (Lipinski definition) is 2. The minimum absolute atomic E-state index is 0. The highest BCUT2D eigenvalue weighted by Gasteiger charge is 2.44. The van der Waals surface area contributed by atoms with Gasteiger partial charge in [0.2, 0.25) is 10.0 Å². The van der Waals surface area contributed by atoms with Crippen LogP contribution in [0.1, 0.15) is 31.2 Å². The highest BCUT2D eigenvalue weighted by atomic mass is 35.5. The van der Waals surface area contributed by atoms with Crippen molar-refractivity contribution < 1.29 is 8.42 Å². The molecule has 1 aromatic rings. The first-order chi connectivity index (χ1) is 8.71. The molecule has 2 rings (SSSR count). The molecule has 1 aliphatic carbocycles. The third-order valence-corrected chi connectivity index (χ3v) is 5.84. The number of nitrogens with one attached hydrogen (secondary N) is 1. The fourth-order valence-corrected chi connectivity index (χ4v) is 4.43. The monoisotopic (exact) mass is 322 g/mol. The first kappa shape index (κ1) is 17.4. The van der Waals surface area contributed by atoms with Gasteiger partial charge in [0.05, 0.1) is 11.4 Å². The summed E-state index contributed by atoms with van der Waals surface area (Å²) in [6.07, 6.45) is 2.06. The molecule has 1 fully saturated rings. The maximum absolute atomic E-state index is 12.6. The zero-order valence-electron chi connectivity index (χ0n) is 12.3. The topological polar surface area (TPSA) is 90.0 Å². The SMILES string of the molecule is Cc1nn(C)c(C)c1S(=O)(=O)NC(C)(CN)C1CC1.Cl.